The van der Waals surface area contributed by atoms with Crippen molar-refractivity contribution in [2.24, 2.45) is 0 Å². The lowest BCUT2D eigenvalue weighted by atomic mass is 9.92. The Balaban J connectivity index is 0.00000400. The van der Waals surface area contributed by atoms with Gasteiger partial charge in [0, 0.05) is 24.6 Å². The second-order valence-electron chi connectivity index (χ2n) is 9.78. The Morgan fingerprint density at radius 1 is 1.18 bits per heavy atom. The monoisotopic (exact) mass is 564 g/mol. The second kappa shape index (κ2) is 12.0. The number of nitrogens with zero attached hydrogens (tertiary/aromatic N) is 3. The molecule has 7 nitrogen and oxygen atoms in total. The van der Waals surface area contributed by atoms with Crippen molar-refractivity contribution in [3.05, 3.63) is 41.6 Å². The van der Waals surface area contributed by atoms with Crippen LogP contribution in [-0.2, 0) is 11.0 Å². The van der Waals surface area contributed by atoms with E-state index in [2.05, 4.69) is 10.4 Å². The second-order valence-corrected chi connectivity index (χ2v) is 9.78. The van der Waals surface area contributed by atoms with Crippen LogP contribution in [0.3, 0.4) is 0 Å². The van der Waals surface area contributed by atoms with Crippen molar-refractivity contribution >= 4 is 24.3 Å². The number of hydrogen-bond donors (Lipinski definition) is 2. The predicted molar refractivity (Wildman–Crippen MR) is 132 cm³/mol. The topological polar surface area (TPSA) is 87.5 Å². The molecule has 210 valence electrons. The summed E-state index contributed by atoms with van der Waals surface area (Å²) in [4.78, 5) is 26.0. The largest absolute Gasteiger partial charge is 0.481 e. The van der Waals surface area contributed by atoms with Crippen molar-refractivity contribution in [3.8, 4) is 11.3 Å². The number of rotatable bonds is 9. The van der Waals surface area contributed by atoms with E-state index in [9.17, 15) is 36.6 Å². The lowest BCUT2D eigenvalue weighted by Crippen LogP contribution is -2.45. The number of halogens is 6. The van der Waals surface area contributed by atoms with Gasteiger partial charge in [-0.3, -0.25) is 19.2 Å². The Morgan fingerprint density at radius 2 is 1.89 bits per heavy atom. The van der Waals surface area contributed by atoms with Gasteiger partial charge < -0.3 is 10.4 Å². The van der Waals surface area contributed by atoms with Crippen molar-refractivity contribution in [1.82, 2.24) is 20.0 Å². The minimum Gasteiger partial charge on any atom is -0.481 e. The molecule has 0 radical (unpaired) electrons. The number of nitrogens with one attached hydrogen (secondary N) is 1. The van der Waals surface area contributed by atoms with E-state index in [0.717, 1.165) is 12.5 Å². The van der Waals surface area contributed by atoms with Gasteiger partial charge in [-0.15, -0.1) is 12.4 Å². The highest BCUT2D eigenvalue weighted by Gasteiger charge is 2.37. The molecule has 13 heteroatoms. The van der Waals surface area contributed by atoms with E-state index in [0.29, 0.717) is 25.8 Å². The highest BCUT2D eigenvalue weighted by Crippen LogP contribution is 2.40. The van der Waals surface area contributed by atoms with Gasteiger partial charge in [0.05, 0.1) is 30.3 Å². The van der Waals surface area contributed by atoms with Gasteiger partial charge in [0.1, 0.15) is 0 Å². The van der Waals surface area contributed by atoms with Crippen LogP contribution < -0.4 is 5.32 Å². The molecule has 2 fully saturated rings. The smallest absolute Gasteiger partial charge is 0.417 e. The summed E-state index contributed by atoms with van der Waals surface area (Å²) >= 11 is 0. The first-order valence-corrected chi connectivity index (χ1v) is 12.3. The van der Waals surface area contributed by atoms with Crippen LogP contribution in [0.15, 0.2) is 30.3 Å². The van der Waals surface area contributed by atoms with Crippen molar-refractivity contribution in [2.75, 3.05) is 19.6 Å². The summed E-state index contributed by atoms with van der Waals surface area (Å²) in [5.74, 6) is -4.70. The van der Waals surface area contributed by atoms with E-state index in [1.807, 2.05) is 0 Å². The SMILES string of the molecule is Cl.O=C(O)C[C@H](CCN1CCCC(F)(F)C1)NC(=O)c1cc(-c2ccccc2C(F)(F)F)n(C2CCC2)n1. The zero-order valence-corrected chi connectivity index (χ0v) is 21.3. The molecule has 1 saturated carbocycles. The molecule has 1 aromatic heterocycles. The average molecular weight is 565 g/mol. The number of likely N-dealkylation sites (tertiary alicyclic amines) is 1. The molecule has 1 saturated heterocycles. The summed E-state index contributed by atoms with van der Waals surface area (Å²) in [6.45, 7) is 0.208. The Labute approximate surface area is 222 Å². The molecule has 0 bridgehead atoms. The van der Waals surface area contributed by atoms with Gasteiger partial charge >= 0.3 is 12.1 Å². The number of alkyl halides is 5. The van der Waals surface area contributed by atoms with Crippen LogP contribution in [0.25, 0.3) is 11.3 Å². The van der Waals surface area contributed by atoms with E-state index in [1.165, 1.54) is 28.9 Å². The average Bonchev–Trinajstić information content (AvgIpc) is 3.19. The van der Waals surface area contributed by atoms with Crippen molar-refractivity contribution in [3.63, 3.8) is 0 Å². The van der Waals surface area contributed by atoms with Gasteiger partial charge in [0.2, 0.25) is 0 Å². The molecule has 4 rings (SSSR count). The number of aliphatic carboxylic acids is 1. The van der Waals surface area contributed by atoms with Gasteiger partial charge in [-0.05, 0) is 50.8 Å². The lowest BCUT2D eigenvalue weighted by molar-refractivity contribution is -0.138. The van der Waals surface area contributed by atoms with Crippen LogP contribution >= 0.6 is 12.4 Å². The van der Waals surface area contributed by atoms with Crippen molar-refractivity contribution in [1.29, 1.82) is 0 Å². The number of carboxylic acids is 1. The van der Waals surface area contributed by atoms with Crippen molar-refractivity contribution in [2.45, 2.75) is 69.1 Å². The van der Waals surface area contributed by atoms with E-state index in [4.69, 9.17) is 0 Å². The molecule has 1 aromatic carbocycles. The molecule has 1 atom stereocenters. The lowest BCUT2D eigenvalue weighted by Gasteiger charge is -2.33. The maximum Gasteiger partial charge on any atom is 0.417 e. The van der Waals surface area contributed by atoms with Crippen LogP contribution in [0.4, 0.5) is 22.0 Å². The Morgan fingerprint density at radius 3 is 2.50 bits per heavy atom. The van der Waals surface area contributed by atoms with Crippen LogP contribution in [0, 0.1) is 0 Å². The fourth-order valence-electron chi connectivity index (χ4n) is 4.84. The van der Waals surface area contributed by atoms with E-state index in [1.54, 1.807) is 4.90 Å². The van der Waals surface area contributed by atoms with Gasteiger partial charge in [-0.1, -0.05) is 18.2 Å². The van der Waals surface area contributed by atoms with Crippen LogP contribution in [0.2, 0.25) is 0 Å². The number of amides is 1. The molecule has 38 heavy (non-hydrogen) atoms. The third-order valence-electron chi connectivity index (χ3n) is 6.92. The third-order valence-corrected chi connectivity index (χ3v) is 6.92. The fourth-order valence-corrected chi connectivity index (χ4v) is 4.84. The summed E-state index contributed by atoms with van der Waals surface area (Å²) in [6, 6.07) is 5.36. The minimum absolute atomic E-state index is 0. The molecular formula is C25H30ClF5N4O3. The van der Waals surface area contributed by atoms with Gasteiger partial charge in [0.15, 0.2) is 5.69 Å². The Bertz CT molecular complexity index is 1140. The highest BCUT2D eigenvalue weighted by molar-refractivity contribution is 5.94. The normalized spacial score (nSPS) is 18.8. The van der Waals surface area contributed by atoms with E-state index >= 15 is 0 Å². The molecule has 2 N–H and O–H groups in total. The number of piperidine rings is 1. The molecule has 1 aliphatic heterocycles. The highest BCUT2D eigenvalue weighted by atomic mass is 35.5. The van der Waals surface area contributed by atoms with Gasteiger partial charge in [-0.2, -0.15) is 18.3 Å². The molecule has 0 unspecified atom stereocenters. The molecule has 1 aliphatic carbocycles. The summed E-state index contributed by atoms with van der Waals surface area (Å²) in [5, 5.41) is 16.2. The first-order chi connectivity index (χ1) is 17.4. The molecule has 2 aliphatic rings. The third kappa shape index (κ3) is 7.22. The predicted octanol–water partition coefficient (Wildman–Crippen LogP) is 5.41. The number of hydrogen-bond acceptors (Lipinski definition) is 4. The summed E-state index contributed by atoms with van der Waals surface area (Å²) in [5.41, 5.74) is -0.905. The zero-order valence-electron chi connectivity index (χ0n) is 20.5. The minimum atomic E-state index is -4.61. The first kappa shape index (κ1) is 29.8. The molecule has 2 heterocycles. The van der Waals surface area contributed by atoms with E-state index in [-0.39, 0.29) is 54.8 Å². The van der Waals surface area contributed by atoms with Crippen LogP contribution in [0.1, 0.15) is 67.0 Å². The Kier molecular flexibility index (Phi) is 9.40. The van der Waals surface area contributed by atoms with Gasteiger partial charge in [0.25, 0.3) is 11.8 Å². The summed E-state index contributed by atoms with van der Waals surface area (Å²) in [6.07, 6.45) is -2.46. The zero-order chi connectivity index (χ0) is 26.8. The quantitative estimate of drug-likeness (QED) is 0.398. The standard InChI is InChI=1S/C25H29F5N4O3.ClH/c26-24(27)10-4-11-33(15-24)12-9-16(13-22(35)36)31-23(37)20-14-21(34(32-20)17-5-3-6-17)18-7-1-2-8-19(18)25(28,29)30;/h1-2,7-8,14,16-17H,3-6,9-13,15H2,(H,31,37)(H,35,36);1H/t16-;/m0./s1. The Hall–Kier alpha value is -2.73. The van der Waals surface area contributed by atoms with Crippen molar-refractivity contribution < 1.29 is 36.6 Å². The number of carbonyl (C=O) groups is 2. The first-order valence-electron chi connectivity index (χ1n) is 12.3. The van der Waals surface area contributed by atoms with Crippen LogP contribution in [-0.4, -0.2) is 63.3 Å². The van der Waals surface area contributed by atoms with E-state index < -0.39 is 48.5 Å². The van der Waals surface area contributed by atoms with Crippen LogP contribution in [0.5, 0.6) is 0 Å². The number of carbonyl (C=O) groups excluding carboxylic acids is 1. The maximum absolute atomic E-state index is 13.7. The fraction of sp³-hybridized carbons (Fsp3) is 0.560. The molecule has 2 aromatic rings. The maximum atomic E-state index is 13.7. The number of carboxylic acid groups (broad SMARTS) is 1. The summed E-state index contributed by atoms with van der Waals surface area (Å²) < 4.78 is 70.0. The molecular weight excluding hydrogens is 535 g/mol. The number of benzene rings is 1. The van der Waals surface area contributed by atoms with Gasteiger partial charge in [-0.25, -0.2) is 8.78 Å². The molecule has 1 amide bonds. The summed E-state index contributed by atoms with van der Waals surface area (Å²) in [7, 11) is 0. The number of aromatic nitrogens is 2. The molecule has 0 spiro atoms.